The summed E-state index contributed by atoms with van der Waals surface area (Å²) < 4.78 is 14.2. The average Bonchev–Trinajstić information content (AvgIpc) is 3.55. The molecule has 0 spiro atoms. The third kappa shape index (κ3) is 6.24. The van der Waals surface area contributed by atoms with Gasteiger partial charge in [0.15, 0.2) is 5.69 Å². The predicted molar refractivity (Wildman–Crippen MR) is 177 cm³/mol. The van der Waals surface area contributed by atoms with E-state index in [2.05, 4.69) is 31.2 Å². The molecule has 0 unspecified atom stereocenters. The van der Waals surface area contributed by atoms with Crippen molar-refractivity contribution in [1.82, 2.24) is 24.5 Å². The van der Waals surface area contributed by atoms with Crippen LogP contribution in [0.4, 0.5) is 5.69 Å². The molecule has 46 heavy (non-hydrogen) atoms. The van der Waals surface area contributed by atoms with E-state index in [-0.39, 0.29) is 17.4 Å². The number of pyridine rings is 1. The maximum atomic E-state index is 13.7. The van der Waals surface area contributed by atoms with Crippen molar-refractivity contribution in [1.29, 1.82) is 0 Å². The smallest absolute Gasteiger partial charge is 0.290 e. The van der Waals surface area contributed by atoms with Crippen molar-refractivity contribution in [3.05, 3.63) is 93.7 Å². The molecule has 0 bridgehead atoms. The van der Waals surface area contributed by atoms with Gasteiger partial charge in [-0.2, -0.15) is 4.74 Å². The number of hydrogen-bond donors (Lipinski definition) is 2. The number of fused-ring (bicyclic) bond motifs is 1. The molecule has 4 heterocycles. The maximum absolute atomic E-state index is 13.7. The first kappa shape index (κ1) is 31.0. The number of ether oxygens (including phenoxy) is 1. The summed E-state index contributed by atoms with van der Waals surface area (Å²) in [7, 11) is 1.60. The van der Waals surface area contributed by atoms with E-state index in [1.54, 1.807) is 38.2 Å². The van der Waals surface area contributed by atoms with Crippen LogP contribution in [0.3, 0.4) is 0 Å². The second-order valence-electron chi connectivity index (χ2n) is 11.5. The summed E-state index contributed by atoms with van der Waals surface area (Å²) in [6, 6.07) is 18.7. The molecular weight excluding hydrogens is 584 g/mol. The van der Waals surface area contributed by atoms with E-state index < -0.39 is 0 Å². The van der Waals surface area contributed by atoms with Gasteiger partial charge < -0.3 is 24.5 Å². The van der Waals surface area contributed by atoms with Gasteiger partial charge in [-0.15, -0.1) is 0 Å². The minimum absolute atomic E-state index is 0.180. The normalized spacial score (nSPS) is 13.7. The van der Waals surface area contributed by atoms with E-state index in [9.17, 15) is 14.4 Å². The molecule has 238 valence electrons. The van der Waals surface area contributed by atoms with Crippen LogP contribution in [-0.2, 0) is 18.3 Å². The SMILES string of the molecule is CCn1c(-c2ccc(-c3c(C)on(C)c3=O)cc2)cc2cc(C)nc(C(=O)Nc3cccc(C(=O)NCCN4CCOCC4)c3)c21. The lowest BCUT2D eigenvalue weighted by Crippen LogP contribution is -2.41. The highest BCUT2D eigenvalue weighted by molar-refractivity contribution is 6.12. The lowest BCUT2D eigenvalue weighted by atomic mass is 10.0. The Bertz CT molecular complexity index is 1960. The van der Waals surface area contributed by atoms with Crippen LogP contribution in [0.25, 0.3) is 33.3 Å². The molecule has 2 amide bonds. The highest BCUT2D eigenvalue weighted by Gasteiger charge is 2.21. The number of aromatic nitrogens is 3. The number of morpholine rings is 1. The number of aryl methyl sites for hydroxylation is 4. The third-order valence-corrected chi connectivity index (χ3v) is 8.33. The van der Waals surface area contributed by atoms with Crippen molar-refractivity contribution >= 4 is 28.4 Å². The van der Waals surface area contributed by atoms with Gasteiger partial charge in [-0.3, -0.25) is 19.3 Å². The molecule has 11 nitrogen and oxygen atoms in total. The van der Waals surface area contributed by atoms with Crippen molar-refractivity contribution in [2.75, 3.05) is 44.7 Å². The Morgan fingerprint density at radius 3 is 2.39 bits per heavy atom. The van der Waals surface area contributed by atoms with E-state index in [0.29, 0.717) is 60.3 Å². The second kappa shape index (κ2) is 13.2. The van der Waals surface area contributed by atoms with Crippen molar-refractivity contribution < 1.29 is 18.8 Å². The molecule has 0 atom stereocenters. The van der Waals surface area contributed by atoms with Gasteiger partial charge in [-0.25, -0.2) is 4.98 Å². The molecule has 1 aliphatic rings. The number of anilines is 1. The van der Waals surface area contributed by atoms with E-state index >= 15 is 0 Å². The Morgan fingerprint density at radius 2 is 1.70 bits per heavy atom. The highest BCUT2D eigenvalue weighted by Crippen LogP contribution is 2.32. The Labute approximate surface area is 266 Å². The molecule has 6 rings (SSSR count). The van der Waals surface area contributed by atoms with Gasteiger partial charge in [0.1, 0.15) is 5.76 Å². The fraction of sp³-hybridized carbons (Fsp3) is 0.314. The molecule has 0 radical (unpaired) electrons. The van der Waals surface area contributed by atoms with Crippen molar-refractivity contribution in [3.8, 4) is 22.4 Å². The number of nitrogens with zero attached hydrogens (tertiary/aromatic N) is 4. The van der Waals surface area contributed by atoms with E-state index in [1.165, 1.54) is 4.74 Å². The molecule has 2 N–H and O–H groups in total. The Kier molecular flexibility index (Phi) is 8.87. The first-order valence-corrected chi connectivity index (χ1v) is 15.5. The third-order valence-electron chi connectivity index (χ3n) is 8.33. The summed E-state index contributed by atoms with van der Waals surface area (Å²) in [5.41, 5.74) is 5.72. The molecule has 1 aliphatic heterocycles. The van der Waals surface area contributed by atoms with Crippen molar-refractivity contribution in [3.63, 3.8) is 0 Å². The summed E-state index contributed by atoms with van der Waals surface area (Å²) in [5, 5.41) is 6.83. The molecule has 5 aromatic rings. The molecule has 0 aliphatic carbocycles. The van der Waals surface area contributed by atoms with E-state index in [1.807, 2.05) is 44.2 Å². The number of rotatable bonds is 9. The fourth-order valence-corrected chi connectivity index (χ4v) is 6.07. The summed E-state index contributed by atoms with van der Waals surface area (Å²) >= 11 is 0. The summed E-state index contributed by atoms with van der Waals surface area (Å²) in [6.45, 7) is 10.7. The summed E-state index contributed by atoms with van der Waals surface area (Å²) in [6.07, 6.45) is 0. The van der Waals surface area contributed by atoms with Crippen LogP contribution < -0.4 is 16.2 Å². The Balaban J connectivity index is 1.24. The monoisotopic (exact) mass is 622 g/mol. The lowest BCUT2D eigenvalue weighted by Gasteiger charge is -2.26. The Morgan fingerprint density at radius 1 is 0.957 bits per heavy atom. The minimum Gasteiger partial charge on any atom is -0.381 e. The summed E-state index contributed by atoms with van der Waals surface area (Å²) in [4.78, 5) is 46.1. The number of amides is 2. The van der Waals surface area contributed by atoms with Crippen molar-refractivity contribution in [2.45, 2.75) is 27.3 Å². The molecule has 2 aromatic carbocycles. The topological polar surface area (TPSA) is 124 Å². The van der Waals surface area contributed by atoms with Crippen LogP contribution in [0, 0.1) is 13.8 Å². The Hall–Kier alpha value is -5.00. The van der Waals surface area contributed by atoms with E-state index in [4.69, 9.17) is 9.26 Å². The molecule has 3 aromatic heterocycles. The van der Waals surface area contributed by atoms with Gasteiger partial charge in [0.25, 0.3) is 17.4 Å². The van der Waals surface area contributed by atoms with Gasteiger partial charge in [0.05, 0.1) is 24.3 Å². The zero-order chi connectivity index (χ0) is 32.4. The first-order chi connectivity index (χ1) is 22.2. The number of carbonyl (C=O) groups excluding carboxylic acids is 2. The molecule has 1 fully saturated rings. The van der Waals surface area contributed by atoms with Crippen LogP contribution in [0.2, 0.25) is 0 Å². The van der Waals surface area contributed by atoms with Gasteiger partial charge >= 0.3 is 0 Å². The van der Waals surface area contributed by atoms with Gasteiger partial charge in [-0.05, 0) is 62.2 Å². The van der Waals surface area contributed by atoms with Crippen LogP contribution in [0.15, 0.2) is 70.0 Å². The molecule has 1 saturated heterocycles. The zero-order valence-corrected chi connectivity index (χ0v) is 26.6. The predicted octanol–water partition coefficient (Wildman–Crippen LogP) is 4.61. The second-order valence-corrected chi connectivity index (χ2v) is 11.5. The average molecular weight is 623 g/mol. The molecular formula is C35H38N6O5. The largest absolute Gasteiger partial charge is 0.381 e. The lowest BCUT2D eigenvalue weighted by molar-refractivity contribution is 0.0383. The van der Waals surface area contributed by atoms with Gasteiger partial charge in [0.2, 0.25) is 0 Å². The molecule has 11 heteroatoms. The molecule has 0 saturated carbocycles. The number of benzene rings is 2. The van der Waals surface area contributed by atoms with Crippen LogP contribution >= 0.6 is 0 Å². The first-order valence-electron chi connectivity index (χ1n) is 15.5. The van der Waals surface area contributed by atoms with Crippen LogP contribution in [0.5, 0.6) is 0 Å². The number of hydrogen-bond acceptors (Lipinski definition) is 7. The van der Waals surface area contributed by atoms with Crippen LogP contribution in [0.1, 0.15) is 39.2 Å². The quantitative estimate of drug-likeness (QED) is 0.246. The number of carbonyl (C=O) groups is 2. The van der Waals surface area contributed by atoms with Gasteiger partial charge in [0, 0.05) is 67.8 Å². The van der Waals surface area contributed by atoms with Gasteiger partial charge in [-0.1, -0.05) is 30.3 Å². The van der Waals surface area contributed by atoms with E-state index in [0.717, 1.165) is 47.4 Å². The zero-order valence-electron chi connectivity index (χ0n) is 26.6. The van der Waals surface area contributed by atoms with Crippen LogP contribution in [-0.4, -0.2) is 70.4 Å². The van der Waals surface area contributed by atoms with Crippen molar-refractivity contribution in [2.24, 2.45) is 7.05 Å². The minimum atomic E-state index is -0.362. The fourth-order valence-electron chi connectivity index (χ4n) is 6.07. The standard InChI is InChI=1S/C35H38N6O5/c1-5-41-29(24-9-11-25(12-10-24)30-23(3)46-39(4)35(30)44)21-27-19-22(2)37-31(32(27)41)34(43)38-28-8-6-7-26(20-28)33(42)36-13-14-40-15-17-45-18-16-40/h6-12,19-21H,5,13-18H2,1-4H3,(H,36,42)(H,38,43). The highest BCUT2D eigenvalue weighted by atomic mass is 16.5. The number of nitrogens with one attached hydrogen (secondary N) is 2. The summed E-state index contributed by atoms with van der Waals surface area (Å²) in [5.74, 6) is 0.00821. The maximum Gasteiger partial charge on any atom is 0.290 e.